The first-order chi connectivity index (χ1) is 18.0. The van der Waals surface area contributed by atoms with Crippen molar-refractivity contribution in [3.8, 4) is 0 Å². The van der Waals surface area contributed by atoms with Crippen LogP contribution in [0.1, 0.15) is 21.6 Å². The van der Waals surface area contributed by atoms with Crippen molar-refractivity contribution in [2.24, 2.45) is 0 Å². The van der Waals surface area contributed by atoms with Gasteiger partial charge in [-0.1, -0.05) is 24.3 Å². The quantitative estimate of drug-likeness (QED) is 0.208. The van der Waals surface area contributed by atoms with Crippen LogP contribution in [0.3, 0.4) is 0 Å². The van der Waals surface area contributed by atoms with Crippen LogP contribution in [0.2, 0.25) is 0 Å². The molecule has 0 atom stereocenters. The molecule has 0 aliphatic heterocycles. The van der Waals surface area contributed by atoms with Crippen LogP contribution in [-0.4, -0.2) is 33.4 Å². The molecule has 0 radical (unpaired) electrons. The minimum absolute atomic E-state index is 0.0781. The minimum Gasteiger partial charge on any atom is -0.321 e. The number of rotatable bonds is 9. The first kappa shape index (κ1) is 25.8. The lowest BCUT2D eigenvalue weighted by Crippen LogP contribution is -2.30. The van der Waals surface area contributed by atoms with Gasteiger partial charge in [-0.2, -0.15) is 0 Å². The number of hydrogen-bond donors (Lipinski definition) is 3. The summed E-state index contributed by atoms with van der Waals surface area (Å²) in [6.45, 7) is 1.87. The van der Waals surface area contributed by atoms with Crippen LogP contribution in [0.15, 0.2) is 95.1 Å². The second kappa shape index (κ2) is 12.6. The van der Waals surface area contributed by atoms with Crippen molar-refractivity contribution in [2.45, 2.75) is 11.8 Å². The van der Waals surface area contributed by atoms with Crippen molar-refractivity contribution in [2.75, 3.05) is 16.4 Å². The van der Waals surface area contributed by atoms with Crippen LogP contribution in [0, 0.1) is 6.92 Å². The van der Waals surface area contributed by atoms with Gasteiger partial charge in [-0.15, -0.1) is 23.1 Å². The van der Waals surface area contributed by atoms with Gasteiger partial charge in [0.05, 0.1) is 11.4 Å². The van der Waals surface area contributed by atoms with Crippen molar-refractivity contribution in [3.05, 3.63) is 107 Å². The lowest BCUT2D eigenvalue weighted by molar-refractivity contribution is -0.114. The normalized spacial score (nSPS) is 11.0. The van der Waals surface area contributed by atoms with Gasteiger partial charge in [0.25, 0.3) is 11.8 Å². The molecule has 2 aromatic carbocycles. The van der Waals surface area contributed by atoms with E-state index in [-0.39, 0.29) is 17.4 Å². The molecule has 3 amide bonds. The van der Waals surface area contributed by atoms with Crippen LogP contribution in [0.25, 0.3) is 6.08 Å². The van der Waals surface area contributed by atoms with E-state index < -0.39 is 11.8 Å². The Morgan fingerprint density at radius 3 is 2.43 bits per heavy atom. The molecule has 4 aromatic rings. The van der Waals surface area contributed by atoms with E-state index in [9.17, 15) is 14.4 Å². The van der Waals surface area contributed by atoms with Crippen LogP contribution < -0.4 is 16.0 Å². The number of carbonyl (C=O) groups is 3. The number of carbonyl (C=O) groups excluding carboxylic acids is 3. The fourth-order valence-electron chi connectivity index (χ4n) is 3.12. The van der Waals surface area contributed by atoms with E-state index in [0.717, 1.165) is 10.6 Å². The summed E-state index contributed by atoms with van der Waals surface area (Å²) >= 11 is 2.76. The molecule has 0 saturated heterocycles. The molecule has 186 valence electrons. The van der Waals surface area contributed by atoms with Gasteiger partial charge >= 0.3 is 0 Å². The maximum Gasteiger partial charge on any atom is 0.272 e. The van der Waals surface area contributed by atoms with Crippen LogP contribution in [-0.2, 0) is 9.59 Å². The number of hydrogen-bond acceptors (Lipinski definition) is 7. The highest BCUT2D eigenvalue weighted by molar-refractivity contribution is 8.00. The van der Waals surface area contributed by atoms with E-state index in [1.54, 1.807) is 67.0 Å². The average molecular weight is 530 g/mol. The van der Waals surface area contributed by atoms with E-state index in [2.05, 4.69) is 25.9 Å². The zero-order valence-electron chi connectivity index (χ0n) is 19.8. The maximum absolute atomic E-state index is 13.1. The van der Waals surface area contributed by atoms with E-state index in [1.165, 1.54) is 23.1 Å². The third kappa shape index (κ3) is 7.86. The largest absolute Gasteiger partial charge is 0.321 e. The molecule has 2 aromatic heterocycles. The lowest BCUT2D eigenvalue weighted by Gasteiger charge is -2.12. The summed E-state index contributed by atoms with van der Waals surface area (Å²) < 4.78 is 0. The summed E-state index contributed by atoms with van der Waals surface area (Å²) in [5.74, 6) is -0.792. The van der Waals surface area contributed by atoms with Crippen molar-refractivity contribution in [3.63, 3.8) is 0 Å². The second-order valence-electron chi connectivity index (χ2n) is 7.77. The SMILES string of the molecule is Cc1csc(NC(=O)CSc2ccc(NC(=O)/C(=C/c3cccnc3)NC(=O)c3ccccc3)cc2)n1. The van der Waals surface area contributed by atoms with Crippen LogP contribution in [0.4, 0.5) is 10.8 Å². The molecule has 8 nitrogen and oxygen atoms in total. The van der Waals surface area contributed by atoms with Crippen LogP contribution >= 0.6 is 23.1 Å². The van der Waals surface area contributed by atoms with E-state index in [0.29, 0.717) is 21.9 Å². The average Bonchev–Trinajstić information content (AvgIpc) is 3.33. The van der Waals surface area contributed by atoms with Gasteiger partial charge in [0.1, 0.15) is 5.70 Å². The number of nitrogens with one attached hydrogen (secondary N) is 3. The number of nitrogens with zero attached hydrogens (tertiary/aromatic N) is 2. The monoisotopic (exact) mass is 529 g/mol. The molecule has 2 heterocycles. The number of pyridine rings is 1. The zero-order valence-corrected chi connectivity index (χ0v) is 21.4. The molecule has 0 unspecified atom stereocenters. The molecule has 0 spiro atoms. The Kier molecular flexibility index (Phi) is 8.79. The standard InChI is InChI=1S/C27H23N5O3S2/c1-18-16-37-27(29-18)32-24(33)17-36-22-11-9-21(10-12-22)30-26(35)23(14-19-6-5-13-28-15-19)31-25(34)20-7-3-2-4-8-20/h2-16H,17H2,1H3,(H,30,35)(H,31,34)(H,29,32,33)/b23-14-. The van der Waals surface area contributed by atoms with Gasteiger partial charge < -0.3 is 16.0 Å². The van der Waals surface area contributed by atoms with Crippen LogP contribution in [0.5, 0.6) is 0 Å². The third-order valence-electron chi connectivity index (χ3n) is 4.87. The summed E-state index contributed by atoms with van der Waals surface area (Å²) in [6, 6.07) is 19.3. The van der Waals surface area contributed by atoms with Crippen molar-refractivity contribution in [1.82, 2.24) is 15.3 Å². The Bertz CT molecular complexity index is 1410. The predicted octanol–water partition coefficient (Wildman–Crippen LogP) is 4.99. The molecule has 37 heavy (non-hydrogen) atoms. The Hall–Kier alpha value is -4.28. The molecular formula is C27H23N5O3S2. The van der Waals surface area contributed by atoms with E-state index in [1.807, 2.05) is 30.5 Å². The highest BCUT2D eigenvalue weighted by Crippen LogP contribution is 2.22. The summed E-state index contributed by atoms with van der Waals surface area (Å²) in [5.41, 5.74) is 2.59. The van der Waals surface area contributed by atoms with Crippen molar-refractivity contribution in [1.29, 1.82) is 0 Å². The number of benzene rings is 2. The maximum atomic E-state index is 13.1. The highest BCUT2D eigenvalue weighted by atomic mass is 32.2. The van der Waals surface area contributed by atoms with Gasteiger partial charge in [0.2, 0.25) is 5.91 Å². The summed E-state index contributed by atoms with van der Waals surface area (Å²) in [5, 5.41) is 10.7. The number of aryl methyl sites for hydroxylation is 1. The predicted molar refractivity (Wildman–Crippen MR) is 147 cm³/mol. The second-order valence-corrected chi connectivity index (χ2v) is 9.68. The van der Waals surface area contributed by atoms with E-state index >= 15 is 0 Å². The van der Waals surface area contributed by atoms with Gasteiger partial charge in [-0.25, -0.2) is 4.98 Å². The molecule has 0 fully saturated rings. The minimum atomic E-state index is -0.480. The number of thiazole rings is 1. The summed E-state index contributed by atoms with van der Waals surface area (Å²) in [6.07, 6.45) is 4.79. The van der Waals surface area contributed by atoms with Gasteiger partial charge in [-0.05, 0) is 61.0 Å². The summed E-state index contributed by atoms with van der Waals surface area (Å²) in [4.78, 5) is 47.1. The lowest BCUT2D eigenvalue weighted by atomic mass is 10.2. The highest BCUT2D eigenvalue weighted by Gasteiger charge is 2.15. The Balaban J connectivity index is 1.39. The fraction of sp³-hybridized carbons (Fsp3) is 0.0741. The number of aromatic nitrogens is 2. The fourth-order valence-corrected chi connectivity index (χ4v) is 4.52. The van der Waals surface area contributed by atoms with Crippen molar-refractivity contribution >= 4 is 57.7 Å². The molecule has 0 saturated carbocycles. The van der Waals surface area contributed by atoms with Gasteiger partial charge in [0, 0.05) is 33.9 Å². The van der Waals surface area contributed by atoms with Crippen molar-refractivity contribution < 1.29 is 14.4 Å². The number of thioether (sulfide) groups is 1. The first-order valence-corrected chi connectivity index (χ1v) is 13.1. The zero-order chi connectivity index (χ0) is 26.0. The van der Waals surface area contributed by atoms with E-state index in [4.69, 9.17) is 0 Å². The molecule has 0 bridgehead atoms. The number of anilines is 2. The molecule has 0 aliphatic rings. The van der Waals surface area contributed by atoms with Gasteiger partial charge in [-0.3, -0.25) is 19.4 Å². The van der Waals surface area contributed by atoms with Gasteiger partial charge in [0.15, 0.2) is 5.13 Å². The number of amides is 3. The first-order valence-electron chi connectivity index (χ1n) is 11.2. The Labute approximate surface area is 222 Å². The Morgan fingerprint density at radius 1 is 0.973 bits per heavy atom. The molecule has 3 N–H and O–H groups in total. The topological polar surface area (TPSA) is 113 Å². The molecule has 0 aliphatic carbocycles. The molecule has 4 rings (SSSR count). The molecule has 10 heteroatoms. The Morgan fingerprint density at radius 2 is 1.76 bits per heavy atom. The molecular weight excluding hydrogens is 506 g/mol. The third-order valence-corrected chi connectivity index (χ3v) is 6.76. The summed E-state index contributed by atoms with van der Waals surface area (Å²) in [7, 11) is 0. The smallest absolute Gasteiger partial charge is 0.272 e.